The van der Waals surface area contributed by atoms with E-state index in [1.165, 1.54) is 205 Å². The van der Waals surface area contributed by atoms with Gasteiger partial charge in [0.05, 0.1) is 26.4 Å². The first-order valence-corrected chi connectivity index (χ1v) is 43.3. The normalized spacial score (nSPS) is 14.0. The lowest BCUT2D eigenvalue weighted by atomic mass is 10.0. The van der Waals surface area contributed by atoms with Gasteiger partial charge in [-0.1, -0.05) is 350 Å². The van der Waals surface area contributed by atoms with Crippen molar-refractivity contribution >= 4 is 39.5 Å². The van der Waals surface area contributed by atoms with Gasteiger partial charge in [-0.2, -0.15) is 0 Å². The van der Waals surface area contributed by atoms with E-state index in [2.05, 4.69) is 48.5 Å². The minimum absolute atomic E-state index is 0.105. The Morgan fingerprint density at radius 3 is 0.701 bits per heavy atom. The molecule has 0 aromatic heterocycles. The summed E-state index contributed by atoms with van der Waals surface area (Å²) < 4.78 is 68.6. The number of aliphatic hydroxyl groups excluding tert-OH is 1. The zero-order valence-corrected chi connectivity index (χ0v) is 65.3. The van der Waals surface area contributed by atoms with Crippen LogP contribution < -0.4 is 0 Å². The largest absolute Gasteiger partial charge is 0.472 e. The summed E-state index contributed by atoms with van der Waals surface area (Å²) in [5.41, 5.74) is 0. The predicted octanol–water partition coefficient (Wildman–Crippen LogP) is 23.0. The van der Waals surface area contributed by atoms with Gasteiger partial charge in [0.15, 0.2) is 12.2 Å². The van der Waals surface area contributed by atoms with Crippen LogP contribution in [0.25, 0.3) is 0 Å². The van der Waals surface area contributed by atoms with Crippen LogP contribution in [-0.2, 0) is 65.4 Å². The number of carbonyl (C=O) groups excluding carboxylic acids is 4. The molecule has 0 aromatic carbocycles. The first-order chi connectivity index (χ1) is 46.7. The number of unbranched alkanes of at least 4 members (excludes halogenated alkanes) is 44. The van der Waals surface area contributed by atoms with Gasteiger partial charge in [-0.25, -0.2) is 9.13 Å². The third-order valence-corrected chi connectivity index (χ3v) is 20.0. The summed E-state index contributed by atoms with van der Waals surface area (Å²) in [5.74, 6) is 0.124. The summed E-state index contributed by atoms with van der Waals surface area (Å²) >= 11 is 0. The van der Waals surface area contributed by atoms with E-state index in [0.717, 1.165) is 108 Å². The minimum atomic E-state index is -4.96. The van der Waals surface area contributed by atoms with Gasteiger partial charge in [-0.05, 0) is 43.4 Å². The number of rotatable bonds is 76. The Hall–Kier alpha value is -1.94. The highest BCUT2D eigenvalue weighted by atomic mass is 31.2. The van der Waals surface area contributed by atoms with Crippen molar-refractivity contribution in [1.82, 2.24) is 0 Å². The number of phosphoric acid groups is 2. The van der Waals surface area contributed by atoms with Crippen LogP contribution >= 0.6 is 15.6 Å². The molecule has 0 rings (SSSR count). The van der Waals surface area contributed by atoms with Gasteiger partial charge in [-0.15, -0.1) is 0 Å². The van der Waals surface area contributed by atoms with Crippen LogP contribution in [-0.4, -0.2) is 96.7 Å². The average molecular weight is 1420 g/mol. The summed E-state index contributed by atoms with van der Waals surface area (Å²) in [6, 6.07) is 0. The van der Waals surface area contributed by atoms with E-state index in [-0.39, 0.29) is 25.7 Å². The van der Waals surface area contributed by atoms with Crippen molar-refractivity contribution in [3.8, 4) is 0 Å². The second-order valence-electron chi connectivity index (χ2n) is 29.5. The Labute approximate surface area is 594 Å². The maximum absolute atomic E-state index is 13.1. The zero-order valence-electron chi connectivity index (χ0n) is 63.5. The van der Waals surface area contributed by atoms with Gasteiger partial charge in [0.25, 0.3) is 0 Å². The molecular formula is C78H152O17P2. The third-order valence-electron chi connectivity index (χ3n) is 18.1. The summed E-state index contributed by atoms with van der Waals surface area (Å²) in [6.07, 6.45) is 55.7. The summed E-state index contributed by atoms with van der Waals surface area (Å²) in [6.45, 7) is 11.9. The molecule has 19 heteroatoms. The molecule has 5 atom stereocenters. The Kier molecular flexibility index (Phi) is 67.1. The molecule has 0 heterocycles. The fourth-order valence-corrected chi connectivity index (χ4v) is 13.5. The average Bonchev–Trinajstić information content (AvgIpc) is 1.22. The number of ether oxygens (including phenoxy) is 4. The molecule has 0 saturated heterocycles. The van der Waals surface area contributed by atoms with Crippen LogP contribution in [0.1, 0.15) is 402 Å². The van der Waals surface area contributed by atoms with E-state index in [1.807, 2.05) is 0 Å². The van der Waals surface area contributed by atoms with Crippen molar-refractivity contribution < 1.29 is 80.2 Å². The fraction of sp³-hybridized carbons (Fsp3) is 0.949. The van der Waals surface area contributed by atoms with Gasteiger partial charge in [0.2, 0.25) is 0 Å². The third kappa shape index (κ3) is 72.2. The second kappa shape index (κ2) is 68.5. The molecule has 0 fully saturated rings. The second-order valence-corrected chi connectivity index (χ2v) is 32.4. The predicted molar refractivity (Wildman–Crippen MR) is 395 cm³/mol. The smallest absolute Gasteiger partial charge is 0.462 e. The van der Waals surface area contributed by atoms with Crippen molar-refractivity contribution in [3.05, 3.63) is 0 Å². The highest BCUT2D eigenvalue weighted by Gasteiger charge is 2.30. The van der Waals surface area contributed by atoms with Gasteiger partial charge in [0, 0.05) is 25.7 Å². The van der Waals surface area contributed by atoms with Gasteiger partial charge < -0.3 is 33.8 Å². The zero-order chi connectivity index (χ0) is 71.6. The minimum Gasteiger partial charge on any atom is -0.462 e. The molecule has 0 saturated carbocycles. The van der Waals surface area contributed by atoms with Crippen molar-refractivity contribution in [3.63, 3.8) is 0 Å². The van der Waals surface area contributed by atoms with E-state index < -0.39 is 97.5 Å². The Morgan fingerprint density at radius 2 is 0.474 bits per heavy atom. The van der Waals surface area contributed by atoms with Crippen LogP contribution in [0.3, 0.4) is 0 Å². The molecule has 2 unspecified atom stereocenters. The Morgan fingerprint density at radius 1 is 0.278 bits per heavy atom. The number of carbonyl (C=O) groups is 4. The standard InChI is InChI=1S/C78H152O17P2/c1-8-9-10-11-12-13-14-15-16-20-23-26-32-37-45-52-59-75(80)88-65-73(94-77(82)61-54-47-38-33-27-24-21-18-17-19-22-25-30-35-42-49-56-69(2)3)67-92-96(84,85)90-63-72(79)64-91-97(86,87)93-68-74(66-89-76(81)60-53-46-41-40-44-51-58-71(6)7)95-78(83)62-55-48-39-34-29-28-31-36-43-50-57-70(4)5/h69-74,79H,8-68H2,1-7H3,(H,84,85)(H,86,87)/t72-,73-,74-/m1/s1. The first-order valence-electron chi connectivity index (χ1n) is 40.3. The summed E-state index contributed by atoms with van der Waals surface area (Å²) in [7, 11) is -9.91. The van der Waals surface area contributed by atoms with Crippen LogP contribution in [0.15, 0.2) is 0 Å². The molecule has 0 bridgehead atoms. The monoisotopic (exact) mass is 1420 g/mol. The van der Waals surface area contributed by atoms with Crippen molar-refractivity contribution in [2.24, 2.45) is 17.8 Å². The maximum Gasteiger partial charge on any atom is 0.472 e. The van der Waals surface area contributed by atoms with Crippen LogP contribution in [0.4, 0.5) is 0 Å². The molecule has 0 spiro atoms. The Balaban J connectivity index is 5.23. The lowest BCUT2D eigenvalue weighted by molar-refractivity contribution is -0.161. The molecule has 0 aliphatic heterocycles. The quantitative estimate of drug-likeness (QED) is 0.0222. The van der Waals surface area contributed by atoms with E-state index >= 15 is 0 Å². The van der Waals surface area contributed by atoms with Crippen molar-refractivity contribution in [2.75, 3.05) is 39.6 Å². The molecule has 0 amide bonds. The fourth-order valence-electron chi connectivity index (χ4n) is 12.0. The maximum atomic E-state index is 13.1. The number of aliphatic hydroxyl groups is 1. The molecule has 0 aliphatic rings. The molecule has 3 N–H and O–H groups in total. The van der Waals surface area contributed by atoms with Gasteiger partial charge in [0.1, 0.15) is 19.3 Å². The van der Waals surface area contributed by atoms with Crippen LogP contribution in [0, 0.1) is 17.8 Å². The van der Waals surface area contributed by atoms with E-state index in [1.54, 1.807) is 0 Å². The van der Waals surface area contributed by atoms with Crippen LogP contribution in [0.2, 0.25) is 0 Å². The number of phosphoric ester groups is 2. The van der Waals surface area contributed by atoms with Crippen molar-refractivity contribution in [1.29, 1.82) is 0 Å². The molecule has 576 valence electrons. The topological polar surface area (TPSA) is 237 Å². The molecule has 0 radical (unpaired) electrons. The molecule has 0 aliphatic carbocycles. The molecular weight excluding hydrogens is 1270 g/mol. The van der Waals surface area contributed by atoms with Crippen LogP contribution in [0.5, 0.6) is 0 Å². The van der Waals surface area contributed by atoms with E-state index in [4.69, 9.17) is 37.0 Å². The van der Waals surface area contributed by atoms with Crippen molar-refractivity contribution in [2.45, 2.75) is 420 Å². The molecule has 0 aromatic rings. The summed E-state index contributed by atoms with van der Waals surface area (Å²) in [4.78, 5) is 72.9. The lowest BCUT2D eigenvalue weighted by Crippen LogP contribution is -2.30. The number of hydrogen-bond donors (Lipinski definition) is 3. The van der Waals surface area contributed by atoms with Gasteiger partial charge >= 0.3 is 39.5 Å². The van der Waals surface area contributed by atoms with E-state index in [0.29, 0.717) is 31.6 Å². The first kappa shape index (κ1) is 95.1. The number of hydrogen-bond acceptors (Lipinski definition) is 15. The molecule has 97 heavy (non-hydrogen) atoms. The SMILES string of the molecule is CCCCCCCCCCCCCCCCCCC(=O)OC[C@H](COP(=O)(O)OC[C@@H](O)COP(=O)(O)OC[C@@H](COC(=O)CCCCCCCCC(C)C)OC(=O)CCCCCCCCCCCCC(C)C)OC(=O)CCCCCCCCCCCCCCCCCCC(C)C. The highest BCUT2D eigenvalue weighted by molar-refractivity contribution is 7.47. The van der Waals surface area contributed by atoms with E-state index in [9.17, 15) is 43.2 Å². The highest BCUT2D eigenvalue weighted by Crippen LogP contribution is 2.45. The lowest BCUT2D eigenvalue weighted by Gasteiger charge is -2.21. The number of esters is 4. The summed E-state index contributed by atoms with van der Waals surface area (Å²) in [5, 5.41) is 10.6. The molecule has 17 nitrogen and oxygen atoms in total. The van der Waals surface area contributed by atoms with Gasteiger partial charge in [-0.3, -0.25) is 37.3 Å². The Bertz CT molecular complexity index is 1890.